The van der Waals surface area contributed by atoms with Gasteiger partial charge in [-0.2, -0.15) is 0 Å². The van der Waals surface area contributed by atoms with Crippen LogP contribution in [-0.2, 0) is 47.4 Å². The molecule has 0 aromatic heterocycles. The third-order valence-electron chi connectivity index (χ3n) is 22.9. The van der Waals surface area contributed by atoms with E-state index >= 15 is 0 Å². The van der Waals surface area contributed by atoms with E-state index in [4.69, 9.17) is 47.4 Å². The van der Waals surface area contributed by atoms with E-state index in [1.54, 1.807) is 0 Å². The van der Waals surface area contributed by atoms with Crippen molar-refractivity contribution in [2.75, 3.05) is 26.4 Å². The number of ether oxygens (including phenoxy) is 10. The Labute approximate surface area is 507 Å². The Hall–Kier alpha value is -1.34. The Kier molecular flexibility index (Phi) is 21.6. The third-order valence-corrected chi connectivity index (χ3v) is 22.9. The topological polar surface area (TPSA) is 436 Å². The van der Waals surface area contributed by atoms with Gasteiger partial charge in [0.1, 0.15) is 116 Å². The van der Waals surface area contributed by atoms with Crippen LogP contribution in [0.15, 0.2) is 11.6 Å². The maximum Gasteiger partial charge on any atom is 0.187 e. The molecule has 27 nitrogen and oxygen atoms in total. The molecule has 9 aliphatic rings. The Morgan fingerprint density at radius 2 is 0.989 bits per heavy atom. The van der Waals surface area contributed by atoms with E-state index in [1.165, 1.54) is 6.92 Å². The molecule has 0 radical (unpaired) electrons. The highest BCUT2D eigenvalue weighted by Crippen LogP contribution is 2.76. The summed E-state index contributed by atoms with van der Waals surface area (Å²) in [4.78, 5) is 0. The molecule has 9 fully saturated rings. The van der Waals surface area contributed by atoms with Gasteiger partial charge in [-0.25, -0.2) is 0 Å². The van der Waals surface area contributed by atoms with E-state index in [-0.39, 0.29) is 29.1 Å². The molecule has 9 rings (SSSR count). The maximum absolute atomic E-state index is 13.0. The third kappa shape index (κ3) is 12.7. The number of allylic oxidation sites excluding steroid dienone is 2. The maximum atomic E-state index is 13.0. The first-order chi connectivity index (χ1) is 40.7. The molecule has 5 heterocycles. The molecular formula is C60H102O27. The highest BCUT2D eigenvalue weighted by Gasteiger charge is 2.72. The van der Waals surface area contributed by atoms with E-state index in [9.17, 15) is 86.8 Å². The molecule has 5 aliphatic heterocycles. The van der Waals surface area contributed by atoms with Crippen molar-refractivity contribution in [2.45, 2.75) is 291 Å². The SMILES string of the molecule is CC(C)=CCCC(C)(O[C@@H]1O[C@H](CO[C@@H]2O[C@H](CO)[C@@H](O)[C@H](O)[C@H]2O)[C@@H](O)[C@H](O)[C@H]1O)C1CCC2(C)C1C(O)CC1C3(C)CCC(O[C@@H]4O[C@H](CO[C@@H]5O[C@@H](C)[C@H](O)[C@@H](O)[C@H]5O)[C@@H](O)[C@H](O)[C@H]4O[C@@H]4O[C@H](CO)[C@@H](O)[C@H](O)[C@H]4O)C(C)(C)C3CCC12C. The highest BCUT2D eigenvalue weighted by molar-refractivity contribution is 5.21. The van der Waals surface area contributed by atoms with Gasteiger partial charge in [-0.3, -0.25) is 0 Å². The zero-order valence-corrected chi connectivity index (χ0v) is 51.4. The van der Waals surface area contributed by atoms with Crippen LogP contribution in [0.3, 0.4) is 0 Å². The fraction of sp³-hybridized carbons (Fsp3) is 0.967. The summed E-state index contributed by atoms with van der Waals surface area (Å²) >= 11 is 0. The second-order valence-corrected chi connectivity index (χ2v) is 28.6. The number of hydrogen-bond acceptors (Lipinski definition) is 27. The van der Waals surface area contributed by atoms with Crippen molar-refractivity contribution in [2.24, 2.45) is 45.3 Å². The second-order valence-electron chi connectivity index (χ2n) is 28.6. The van der Waals surface area contributed by atoms with Crippen LogP contribution in [0.1, 0.15) is 120 Å². The van der Waals surface area contributed by atoms with E-state index in [0.29, 0.717) is 38.5 Å². The quantitative estimate of drug-likeness (QED) is 0.0471. The monoisotopic (exact) mass is 1250 g/mol. The van der Waals surface area contributed by atoms with Crippen LogP contribution in [0.2, 0.25) is 0 Å². The van der Waals surface area contributed by atoms with Crippen LogP contribution < -0.4 is 0 Å². The summed E-state index contributed by atoms with van der Waals surface area (Å²) in [6.07, 6.45) is -34.1. The highest BCUT2D eigenvalue weighted by atomic mass is 16.8. The molecule has 0 aromatic rings. The lowest BCUT2D eigenvalue weighted by Crippen LogP contribution is -2.68. The summed E-state index contributed by atoms with van der Waals surface area (Å²) in [5.41, 5.74) is -1.91. The van der Waals surface area contributed by atoms with Crippen LogP contribution in [0, 0.1) is 45.3 Å². The summed E-state index contributed by atoms with van der Waals surface area (Å²) in [6, 6.07) is 0. The van der Waals surface area contributed by atoms with E-state index < -0.39 is 214 Å². The summed E-state index contributed by atoms with van der Waals surface area (Å²) < 4.78 is 61.1. The molecule has 17 N–H and O–H groups in total. The molecule has 0 aromatic carbocycles. The Bertz CT molecular complexity index is 2300. The summed E-state index contributed by atoms with van der Waals surface area (Å²) in [7, 11) is 0. The van der Waals surface area contributed by atoms with Gasteiger partial charge in [0.2, 0.25) is 0 Å². The minimum Gasteiger partial charge on any atom is -0.394 e. The van der Waals surface area contributed by atoms with Gasteiger partial charge in [0.05, 0.1) is 50.3 Å². The molecule has 27 heteroatoms. The lowest BCUT2D eigenvalue weighted by Gasteiger charge is -2.71. The van der Waals surface area contributed by atoms with Gasteiger partial charge in [0.25, 0.3) is 0 Å². The second kappa shape index (κ2) is 26.8. The van der Waals surface area contributed by atoms with Crippen molar-refractivity contribution in [1.82, 2.24) is 0 Å². The first-order valence-corrected chi connectivity index (χ1v) is 31.3. The minimum atomic E-state index is -1.89. The predicted octanol–water partition coefficient (Wildman–Crippen LogP) is -3.35. The number of aliphatic hydroxyl groups is 17. The Balaban J connectivity index is 0.940. The average molecular weight is 1260 g/mol. The van der Waals surface area contributed by atoms with Crippen molar-refractivity contribution < 1.29 is 134 Å². The molecule has 504 valence electrons. The summed E-state index contributed by atoms with van der Waals surface area (Å²) in [5, 5.41) is 185. The number of hydrogen-bond donors (Lipinski definition) is 17. The molecule has 4 saturated carbocycles. The van der Waals surface area contributed by atoms with E-state index in [2.05, 4.69) is 40.7 Å². The zero-order valence-electron chi connectivity index (χ0n) is 51.4. The molecule has 5 saturated heterocycles. The number of aliphatic hydroxyl groups excluding tert-OH is 17. The molecule has 10 unspecified atom stereocenters. The molecular weight excluding hydrogens is 1150 g/mol. The van der Waals surface area contributed by atoms with Crippen molar-refractivity contribution in [3.63, 3.8) is 0 Å². The van der Waals surface area contributed by atoms with Gasteiger partial charge in [-0.1, -0.05) is 46.3 Å². The van der Waals surface area contributed by atoms with Crippen LogP contribution >= 0.6 is 0 Å². The molecule has 35 atom stereocenters. The molecule has 0 spiro atoms. The van der Waals surface area contributed by atoms with E-state index in [0.717, 1.165) is 24.8 Å². The van der Waals surface area contributed by atoms with Crippen molar-refractivity contribution in [3.05, 3.63) is 11.6 Å². The normalized spacial score (nSPS) is 53.3. The molecule has 4 aliphatic carbocycles. The fourth-order valence-electron chi connectivity index (χ4n) is 17.6. The molecule has 0 bridgehead atoms. The summed E-state index contributed by atoms with van der Waals surface area (Å²) in [5.74, 6) is -0.686. The summed E-state index contributed by atoms with van der Waals surface area (Å²) in [6.45, 7) is 15.9. The van der Waals surface area contributed by atoms with Gasteiger partial charge in [0.15, 0.2) is 31.5 Å². The lowest BCUT2D eigenvalue weighted by molar-refractivity contribution is -0.382. The van der Waals surface area contributed by atoms with Crippen molar-refractivity contribution >= 4 is 0 Å². The minimum absolute atomic E-state index is 0.0205. The average Bonchev–Trinajstić information content (AvgIpc) is 1.67. The first-order valence-electron chi connectivity index (χ1n) is 31.3. The first kappa shape index (κ1) is 70.0. The van der Waals surface area contributed by atoms with Gasteiger partial charge in [-0.15, -0.1) is 0 Å². The molecule has 87 heavy (non-hydrogen) atoms. The van der Waals surface area contributed by atoms with Crippen molar-refractivity contribution in [1.29, 1.82) is 0 Å². The van der Waals surface area contributed by atoms with Gasteiger partial charge in [0, 0.05) is 0 Å². The zero-order chi connectivity index (χ0) is 63.9. The van der Waals surface area contributed by atoms with E-state index in [1.807, 2.05) is 20.8 Å². The van der Waals surface area contributed by atoms with Crippen LogP contribution in [0.4, 0.5) is 0 Å². The predicted molar refractivity (Wildman–Crippen MR) is 297 cm³/mol. The van der Waals surface area contributed by atoms with Crippen LogP contribution in [0.25, 0.3) is 0 Å². The smallest absolute Gasteiger partial charge is 0.187 e. The number of rotatable bonds is 18. The van der Waals surface area contributed by atoms with Crippen LogP contribution in [-0.4, -0.2) is 285 Å². The Morgan fingerprint density at radius 1 is 0.506 bits per heavy atom. The standard InChI is InChI=1S/C60H102O27/c1-24(2)11-10-15-60(9,87-54-49(77)44(72)39(67)30(83-54)22-79-52-47(75)42(70)37(65)28(20-61)81-52)26-12-17-59(8)35(26)27(63)19-33-57(6)16-14-34(56(4,5)32(57)13-18-58(33,59)7)85-55-50(86-53-48(76)43(71)38(66)29(21-62)82-53)45(73)40(68)31(84-55)23-78-51-46(74)41(69)36(64)25(3)80-51/h11,25-55,61-77H,10,12-23H2,1-9H3/t25-,26?,27?,28+,29+,30+,31+,32?,33?,34?,35?,36-,37+,38+,39+,40+,41+,42-,43-,44-,45-,46+,47+,48+,49+,50+,51+,52+,53-,54-,55-,57?,58?,59?,60?/m0/s1. The number of fused-ring (bicyclic) bond motifs is 5. The molecule has 0 amide bonds. The van der Waals surface area contributed by atoms with Gasteiger partial charge < -0.3 is 134 Å². The van der Waals surface area contributed by atoms with Gasteiger partial charge >= 0.3 is 0 Å². The largest absolute Gasteiger partial charge is 0.394 e. The van der Waals surface area contributed by atoms with Crippen molar-refractivity contribution in [3.8, 4) is 0 Å². The van der Waals surface area contributed by atoms with Crippen LogP contribution in [0.5, 0.6) is 0 Å². The van der Waals surface area contributed by atoms with Gasteiger partial charge in [-0.05, 0) is 131 Å². The Morgan fingerprint density at radius 3 is 1.56 bits per heavy atom. The fourth-order valence-corrected chi connectivity index (χ4v) is 17.6. The lowest BCUT2D eigenvalue weighted by atomic mass is 9.35.